The van der Waals surface area contributed by atoms with Gasteiger partial charge in [-0.05, 0) is 76.1 Å². The minimum atomic E-state index is -0.496. The first-order chi connectivity index (χ1) is 15.3. The van der Waals surface area contributed by atoms with Crippen molar-refractivity contribution in [1.29, 1.82) is 0 Å². The van der Waals surface area contributed by atoms with Crippen molar-refractivity contribution in [3.8, 4) is 11.3 Å². The van der Waals surface area contributed by atoms with Crippen molar-refractivity contribution >= 4 is 23.5 Å². The Morgan fingerprint density at radius 3 is 2.53 bits per heavy atom. The van der Waals surface area contributed by atoms with E-state index in [4.69, 9.17) is 9.72 Å². The van der Waals surface area contributed by atoms with Gasteiger partial charge in [-0.3, -0.25) is 0 Å². The van der Waals surface area contributed by atoms with Gasteiger partial charge in [0.1, 0.15) is 23.1 Å². The van der Waals surface area contributed by atoms with E-state index in [1.54, 1.807) is 12.4 Å². The molecule has 0 aliphatic carbocycles. The summed E-state index contributed by atoms with van der Waals surface area (Å²) in [5.41, 5.74) is 2.42. The Balaban J connectivity index is 1.54. The second kappa shape index (κ2) is 10.6. The first kappa shape index (κ1) is 23.0. The average Bonchev–Trinajstić information content (AvgIpc) is 2.73. The highest BCUT2D eigenvalue weighted by Gasteiger charge is 2.15. The van der Waals surface area contributed by atoms with Crippen LogP contribution in [0.25, 0.3) is 11.3 Å². The van der Waals surface area contributed by atoms with Gasteiger partial charge in [-0.25, -0.2) is 19.7 Å². The lowest BCUT2D eigenvalue weighted by Crippen LogP contribution is -2.33. The minimum absolute atomic E-state index is 0.405. The molecule has 0 aromatic carbocycles. The number of amides is 1. The number of hydrogen-bond donors (Lipinski definition) is 3. The van der Waals surface area contributed by atoms with Crippen LogP contribution < -0.4 is 16.0 Å². The van der Waals surface area contributed by atoms with E-state index in [0.29, 0.717) is 13.1 Å². The Morgan fingerprint density at radius 1 is 0.969 bits per heavy atom. The second-order valence-electron chi connectivity index (χ2n) is 8.39. The van der Waals surface area contributed by atoms with E-state index in [1.807, 2.05) is 70.2 Å². The summed E-state index contributed by atoms with van der Waals surface area (Å²) in [7, 11) is 0. The van der Waals surface area contributed by atoms with Crippen LogP contribution in [0.5, 0.6) is 0 Å². The van der Waals surface area contributed by atoms with Gasteiger partial charge in [-0.15, -0.1) is 0 Å². The SMILES string of the molecule is Cc1ccnc(Nc2cccc(-c3ccnc(NCCCNC(=O)OC(C)(C)C)c3)n2)c1. The molecular formula is C24H30N6O2. The third-order valence-electron chi connectivity index (χ3n) is 4.30. The van der Waals surface area contributed by atoms with Crippen LogP contribution in [0.2, 0.25) is 0 Å². The zero-order valence-corrected chi connectivity index (χ0v) is 19.0. The molecule has 0 atom stereocenters. The van der Waals surface area contributed by atoms with E-state index in [9.17, 15) is 4.79 Å². The van der Waals surface area contributed by atoms with Crippen molar-refractivity contribution in [3.05, 3.63) is 60.4 Å². The molecule has 32 heavy (non-hydrogen) atoms. The Morgan fingerprint density at radius 2 is 1.75 bits per heavy atom. The van der Waals surface area contributed by atoms with Crippen molar-refractivity contribution in [1.82, 2.24) is 20.3 Å². The molecule has 8 nitrogen and oxygen atoms in total. The average molecular weight is 435 g/mol. The topological polar surface area (TPSA) is 101 Å². The monoisotopic (exact) mass is 434 g/mol. The summed E-state index contributed by atoms with van der Waals surface area (Å²) in [4.78, 5) is 25.1. The van der Waals surface area contributed by atoms with E-state index in [-0.39, 0.29) is 0 Å². The van der Waals surface area contributed by atoms with Gasteiger partial charge in [-0.2, -0.15) is 0 Å². The second-order valence-corrected chi connectivity index (χ2v) is 8.39. The highest BCUT2D eigenvalue weighted by molar-refractivity contribution is 5.67. The number of pyridine rings is 3. The summed E-state index contributed by atoms with van der Waals surface area (Å²) in [5, 5.41) is 9.27. The smallest absolute Gasteiger partial charge is 0.407 e. The Labute approximate surface area is 188 Å². The van der Waals surface area contributed by atoms with Crippen LogP contribution in [0.15, 0.2) is 54.9 Å². The molecule has 0 unspecified atom stereocenters. The van der Waals surface area contributed by atoms with Gasteiger partial charge in [0, 0.05) is 31.0 Å². The van der Waals surface area contributed by atoms with Gasteiger partial charge in [0.25, 0.3) is 0 Å². The molecule has 0 radical (unpaired) electrons. The lowest BCUT2D eigenvalue weighted by atomic mass is 10.1. The Hall–Kier alpha value is -3.68. The van der Waals surface area contributed by atoms with Crippen LogP contribution >= 0.6 is 0 Å². The highest BCUT2D eigenvalue weighted by atomic mass is 16.6. The van der Waals surface area contributed by atoms with Gasteiger partial charge >= 0.3 is 6.09 Å². The number of aromatic nitrogens is 3. The van der Waals surface area contributed by atoms with E-state index in [1.165, 1.54) is 0 Å². The van der Waals surface area contributed by atoms with Crippen LogP contribution in [0.1, 0.15) is 32.8 Å². The summed E-state index contributed by atoms with van der Waals surface area (Å²) in [6.45, 7) is 8.73. The van der Waals surface area contributed by atoms with Crippen molar-refractivity contribution < 1.29 is 9.53 Å². The Kier molecular flexibility index (Phi) is 7.59. The van der Waals surface area contributed by atoms with Gasteiger partial charge in [-0.1, -0.05) is 6.07 Å². The van der Waals surface area contributed by atoms with Crippen LogP contribution in [0.4, 0.5) is 22.2 Å². The first-order valence-electron chi connectivity index (χ1n) is 10.6. The number of nitrogens with one attached hydrogen (secondary N) is 3. The number of hydrogen-bond acceptors (Lipinski definition) is 7. The molecule has 0 spiro atoms. The lowest BCUT2D eigenvalue weighted by molar-refractivity contribution is 0.0528. The van der Waals surface area contributed by atoms with Crippen LogP contribution in [-0.2, 0) is 4.74 Å². The van der Waals surface area contributed by atoms with Gasteiger partial charge in [0.2, 0.25) is 0 Å². The molecule has 3 N–H and O–H groups in total. The fourth-order valence-electron chi connectivity index (χ4n) is 2.90. The summed E-state index contributed by atoms with van der Waals surface area (Å²) in [6.07, 6.45) is 3.86. The van der Waals surface area contributed by atoms with E-state index in [0.717, 1.165) is 40.7 Å². The lowest BCUT2D eigenvalue weighted by Gasteiger charge is -2.19. The van der Waals surface area contributed by atoms with E-state index < -0.39 is 11.7 Å². The number of carbonyl (C=O) groups excluding carboxylic acids is 1. The maximum absolute atomic E-state index is 11.7. The number of aryl methyl sites for hydroxylation is 1. The number of carbonyl (C=O) groups is 1. The normalized spacial score (nSPS) is 11.0. The van der Waals surface area contributed by atoms with Crippen molar-refractivity contribution in [2.45, 2.75) is 39.7 Å². The number of nitrogens with zero attached hydrogens (tertiary/aromatic N) is 3. The zero-order valence-electron chi connectivity index (χ0n) is 19.0. The van der Waals surface area contributed by atoms with Crippen LogP contribution in [0, 0.1) is 6.92 Å². The maximum atomic E-state index is 11.7. The standard InChI is InChI=1S/C24H30N6O2/c1-17-9-13-27-22(15-17)30-20-8-5-7-19(29-20)18-10-14-26-21(16-18)25-11-6-12-28-23(31)32-24(2,3)4/h5,7-10,13-16H,6,11-12H2,1-4H3,(H,25,26)(H,28,31)(H,27,29,30). The molecule has 0 saturated heterocycles. The Bertz CT molecular complexity index is 1050. The minimum Gasteiger partial charge on any atom is -0.444 e. The molecule has 168 valence electrons. The van der Waals surface area contributed by atoms with E-state index >= 15 is 0 Å². The van der Waals surface area contributed by atoms with Crippen molar-refractivity contribution in [3.63, 3.8) is 0 Å². The third-order valence-corrected chi connectivity index (χ3v) is 4.30. The molecule has 0 aliphatic heterocycles. The molecule has 0 aliphatic rings. The molecule has 3 rings (SSSR count). The maximum Gasteiger partial charge on any atom is 0.407 e. The molecule has 8 heteroatoms. The first-order valence-corrected chi connectivity index (χ1v) is 10.6. The predicted molar refractivity (Wildman–Crippen MR) is 127 cm³/mol. The fraction of sp³-hybridized carbons (Fsp3) is 0.333. The fourth-order valence-corrected chi connectivity index (χ4v) is 2.90. The highest BCUT2D eigenvalue weighted by Crippen LogP contribution is 2.22. The van der Waals surface area contributed by atoms with Crippen LogP contribution in [0.3, 0.4) is 0 Å². The molecule has 3 aromatic rings. The molecule has 3 heterocycles. The van der Waals surface area contributed by atoms with Crippen molar-refractivity contribution in [2.24, 2.45) is 0 Å². The van der Waals surface area contributed by atoms with Gasteiger partial charge in [0.15, 0.2) is 0 Å². The molecule has 3 aromatic heterocycles. The third kappa shape index (κ3) is 7.54. The number of rotatable bonds is 8. The summed E-state index contributed by atoms with van der Waals surface area (Å²) in [6, 6.07) is 13.6. The molecule has 0 saturated carbocycles. The number of alkyl carbamates (subject to hydrolysis) is 1. The zero-order chi connectivity index (χ0) is 23.0. The van der Waals surface area contributed by atoms with Crippen molar-refractivity contribution in [2.75, 3.05) is 23.7 Å². The van der Waals surface area contributed by atoms with Crippen LogP contribution in [-0.4, -0.2) is 39.7 Å². The predicted octanol–water partition coefficient (Wildman–Crippen LogP) is 4.92. The largest absolute Gasteiger partial charge is 0.444 e. The summed E-state index contributed by atoms with van der Waals surface area (Å²) in [5.74, 6) is 2.23. The number of ether oxygens (including phenoxy) is 1. The molecular weight excluding hydrogens is 404 g/mol. The quantitative estimate of drug-likeness (QED) is 0.433. The van der Waals surface area contributed by atoms with E-state index in [2.05, 4.69) is 25.9 Å². The molecule has 1 amide bonds. The number of anilines is 3. The van der Waals surface area contributed by atoms with Gasteiger partial charge in [0.05, 0.1) is 5.69 Å². The van der Waals surface area contributed by atoms with Gasteiger partial charge < -0.3 is 20.7 Å². The molecule has 0 bridgehead atoms. The summed E-state index contributed by atoms with van der Waals surface area (Å²) < 4.78 is 5.22. The molecule has 0 fully saturated rings. The summed E-state index contributed by atoms with van der Waals surface area (Å²) >= 11 is 0.